The first kappa shape index (κ1) is 15.3. The highest BCUT2D eigenvalue weighted by Crippen LogP contribution is 2.35. The molecule has 0 spiro atoms. The lowest BCUT2D eigenvalue weighted by molar-refractivity contribution is 0.00595. The number of alkyl carbamates (subject to hydrolysis) is 1. The average molecular weight is 255 g/mol. The largest absolute Gasteiger partial charge is 0.446 e. The van der Waals surface area contributed by atoms with Gasteiger partial charge in [-0.1, -0.05) is 41.0 Å². The Morgan fingerprint density at radius 1 is 1.28 bits per heavy atom. The first-order valence-electron chi connectivity index (χ1n) is 7.34. The number of nitrogens with one attached hydrogen (secondary N) is 1. The summed E-state index contributed by atoms with van der Waals surface area (Å²) in [6, 6.07) is 0. The number of hydrogen-bond acceptors (Lipinski definition) is 2. The van der Waals surface area contributed by atoms with Crippen LogP contribution in [0.25, 0.3) is 0 Å². The van der Waals surface area contributed by atoms with E-state index in [1.54, 1.807) is 0 Å². The van der Waals surface area contributed by atoms with Crippen LogP contribution in [0.1, 0.15) is 53.9 Å². The van der Waals surface area contributed by atoms with E-state index in [9.17, 15) is 4.79 Å². The van der Waals surface area contributed by atoms with Crippen molar-refractivity contribution in [3.63, 3.8) is 0 Å². The molecule has 1 saturated carbocycles. The second-order valence-electron chi connectivity index (χ2n) is 6.54. The van der Waals surface area contributed by atoms with Gasteiger partial charge in [-0.3, -0.25) is 0 Å². The molecule has 0 saturated heterocycles. The maximum Gasteiger partial charge on any atom is 0.407 e. The van der Waals surface area contributed by atoms with Crippen molar-refractivity contribution in [2.75, 3.05) is 6.54 Å². The molecule has 1 rings (SSSR count). The van der Waals surface area contributed by atoms with E-state index in [0.29, 0.717) is 30.2 Å². The molecule has 1 amide bonds. The quantitative estimate of drug-likeness (QED) is 0.829. The normalized spacial score (nSPS) is 28.5. The Balaban J connectivity index is 2.47. The smallest absolute Gasteiger partial charge is 0.407 e. The standard InChI is InChI=1S/C15H29NO2/c1-10(2)9-16-15(17)18-14-8-12(5)6-7-13(14)11(3)4/h10-14H,6-9H2,1-5H3,(H,16,17)/t12-,13+,14-/m1/s1. The van der Waals surface area contributed by atoms with Gasteiger partial charge in [0, 0.05) is 6.54 Å². The fraction of sp³-hybridized carbons (Fsp3) is 0.933. The molecular weight excluding hydrogens is 226 g/mol. The van der Waals surface area contributed by atoms with Crippen LogP contribution < -0.4 is 5.32 Å². The number of hydrogen-bond donors (Lipinski definition) is 1. The predicted octanol–water partition coefficient (Wildman–Crippen LogP) is 3.83. The molecule has 0 aromatic carbocycles. The number of carbonyl (C=O) groups excluding carboxylic acids is 1. The lowest BCUT2D eigenvalue weighted by atomic mass is 9.75. The molecule has 0 heterocycles. The minimum atomic E-state index is -0.242. The summed E-state index contributed by atoms with van der Waals surface area (Å²) in [7, 11) is 0. The zero-order valence-corrected chi connectivity index (χ0v) is 12.5. The molecule has 0 unspecified atom stereocenters. The highest BCUT2D eigenvalue weighted by atomic mass is 16.6. The van der Waals surface area contributed by atoms with Crippen LogP contribution in [0.3, 0.4) is 0 Å². The maximum atomic E-state index is 11.8. The fourth-order valence-corrected chi connectivity index (χ4v) is 2.72. The van der Waals surface area contributed by atoms with E-state index in [0.717, 1.165) is 6.42 Å². The third kappa shape index (κ3) is 4.87. The van der Waals surface area contributed by atoms with Crippen molar-refractivity contribution in [3.05, 3.63) is 0 Å². The monoisotopic (exact) mass is 255 g/mol. The molecule has 1 N–H and O–H groups in total. The zero-order valence-electron chi connectivity index (χ0n) is 12.5. The molecule has 0 aromatic rings. The third-order valence-electron chi connectivity index (χ3n) is 3.87. The maximum absolute atomic E-state index is 11.8. The minimum absolute atomic E-state index is 0.0981. The molecule has 1 aliphatic carbocycles. The van der Waals surface area contributed by atoms with E-state index < -0.39 is 0 Å². The SMILES string of the molecule is CC(C)CNC(=O)O[C@@H]1C[C@H](C)CC[C@H]1C(C)C. The lowest BCUT2D eigenvalue weighted by Gasteiger charge is -2.36. The van der Waals surface area contributed by atoms with Crippen LogP contribution in [0.4, 0.5) is 4.79 Å². The van der Waals surface area contributed by atoms with E-state index in [4.69, 9.17) is 4.74 Å². The Labute approximate surface area is 112 Å². The van der Waals surface area contributed by atoms with Gasteiger partial charge in [0.25, 0.3) is 0 Å². The van der Waals surface area contributed by atoms with E-state index in [1.165, 1.54) is 12.8 Å². The highest BCUT2D eigenvalue weighted by molar-refractivity contribution is 5.67. The number of amides is 1. The van der Waals surface area contributed by atoms with Crippen LogP contribution >= 0.6 is 0 Å². The molecule has 18 heavy (non-hydrogen) atoms. The summed E-state index contributed by atoms with van der Waals surface area (Å²) in [6.07, 6.45) is 3.31. The molecule has 0 bridgehead atoms. The first-order valence-corrected chi connectivity index (χ1v) is 7.34. The second kappa shape index (κ2) is 7.01. The molecule has 0 aliphatic heterocycles. The van der Waals surface area contributed by atoms with Crippen molar-refractivity contribution >= 4 is 6.09 Å². The van der Waals surface area contributed by atoms with Gasteiger partial charge in [-0.25, -0.2) is 4.79 Å². The van der Waals surface area contributed by atoms with Gasteiger partial charge in [0.2, 0.25) is 0 Å². The molecular formula is C15H29NO2. The van der Waals surface area contributed by atoms with Crippen LogP contribution in [0.2, 0.25) is 0 Å². The number of ether oxygens (including phenoxy) is 1. The molecule has 0 radical (unpaired) electrons. The van der Waals surface area contributed by atoms with Crippen LogP contribution in [0.15, 0.2) is 0 Å². The van der Waals surface area contributed by atoms with Gasteiger partial charge in [0.15, 0.2) is 0 Å². The molecule has 3 heteroatoms. The molecule has 3 atom stereocenters. The molecule has 1 aliphatic rings. The van der Waals surface area contributed by atoms with Crippen LogP contribution in [-0.4, -0.2) is 18.7 Å². The van der Waals surface area contributed by atoms with Gasteiger partial charge in [-0.2, -0.15) is 0 Å². The van der Waals surface area contributed by atoms with E-state index in [1.807, 2.05) is 0 Å². The van der Waals surface area contributed by atoms with Gasteiger partial charge in [-0.15, -0.1) is 0 Å². The van der Waals surface area contributed by atoms with Gasteiger partial charge in [0.05, 0.1) is 0 Å². The van der Waals surface area contributed by atoms with Crippen molar-refractivity contribution < 1.29 is 9.53 Å². The molecule has 1 fully saturated rings. The van der Waals surface area contributed by atoms with E-state index >= 15 is 0 Å². The van der Waals surface area contributed by atoms with Crippen LogP contribution in [0, 0.1) is 23.7 Å². The fourth-order valence-electron chi connectivity index (χ4n) is 2.72. The lowest BCUT2D eigenvalue weighted by Crippen LogP contribution is -2.39. The van der Waals surface area contributed by atoms with Crippen molar-refractivity contribution in [2.45, 2.75) is 60.0 Å². The summed E-state index contributed by atoms with van der Waals surface area (Å²) in [5.74, 6) is 2.23. The number of rotatable bonds is 4. The van der Waals surface area contributed by atoms with Gasteiger partial charge >= 0.3 is 6.09 Å². The van der Waals surface area contributed by atoms with Crippen LogP contribution in [-0.2, 0) is 4.74 Å². The Bertz CT molecular complexity index is 263. The molecule has 106 valence electrons. The molecule has 0 aromatic heterocycles. The summed E-state index contributed by atoms with van der Waals surface area (Å²) < 4.78 is 5.64. The summed E-state index contributed by atoms with van der Waals surface area (Å²) >= 11 is 0. The van der Waals surface area contributed by atoms with Gasteiger partial charge in [0.1, 0.15) is 6.10 Å². The van der Waals surface area contributed by atoms with E-state index in [2.05, 4.69) is 39.9 Å². The first-order chi connectivity index (χ1) is 8.40. The van der Waals surface area contributed by atoms with Crippen molar-refractivity contribution in [2.24, 2.45) is 23.7 Å². The van der Waals surface area contributed by atoms with E-state index in [-0.39, 0.29) is 12.2 Å². The summed E-state index contributed by atoms with van der Waals surface area (Å²) in [6.45, 7) is 11.6. The van der Waals surface area contributed by atoms with Crippen LogP contribution in [0.5, 0.6) is 0 Å². The van der Waals surface area contributed by atoms with Gasteiger partial charge < -0.3 is 10.1 Å². The average Bonchev–Trinajstić information content (AvgIpc) is 2.26. The minimum Gasteiger partial charge on any atom is -0.446 e. The van der Waals surface area contributed by atoms with Crippen molar-refractivity contribution in [3.8, 4) is 0 Å². The summed E-state index contributed by atoms with van der Waals surface area (Å²) in [5, 5.41) is 2.84. The number of carbonyl (C=O) groups is 1. The van der Waals surface area contributed by atoms with Crippen molar-refractivity contribution in [1.29, 1.82) is 0 Å². The van der Waals surface area contributed by atoms with Crippen molar-refractivity contribution in [1.82, 2.24) is 5.32 Å². The van der Waals surface area contributed by atoms with Gasteiger partial charge in [-0.05, 0) is 36.5 Å². The summed E-state index contributed by atoms with van der Waals surface area (Å²) in [5.41, 5.74) is 0. The molecule has 3 nitrogen and oxygen atoms in total. The Morgan fingerprint density at radius 3 is 2.50 bits per heavy atom. The predicted molar refractivity (Wildman–Crippen MR) is 74.5 cm³/mol. The summed E-state index contributed by atoms with van der Waals surface area (Å²) in [4.78, 5) is 11.8. The Hall–Kier alpha value is -0.730. The highest BCUT2D eigenvalue weighted by Gasteiger charge is 2.33. The Kier molecular flexibility index (Phi) is 5.97. The topological polar surface area (TPSA) is 38.3 Å². The zero-order chi connectivity index (χ0) is 13.7. The Morgan fingerprint density at radius 2 is 1.94 bits per heavy atom. The second-order valence-corrected chi connectivity index (χ2v) is 6.54. The third-order valence-corrected chi connectivity index (χ3v) is 3.87.